The molecule has 1 aromatic heterocycles. The number of hydrogen-bond donors (Lipinski definition) is 1. The van der Waals surface area contributed by atoms with Crippen LogP contribution in [0.25, 0.3) is 0 Å². The van der Waals surface area contributed by atoms with Gasteiger partial charge in [0, 0.05) is 24.9 Å². The molecule has 2 heterocycles. The lowest BCUT2D eigenvalue weighted by Gasteiger charge is -2.33. The van der Waals surface area contributed by atoms with Crippen LogP contribution >= 0.6 is 0 Å². The van der Waals surface area contributed by atoms with Crippen molar-refractivity contribution in [1.82, 2.24) is 10.3 Å². The Bertz CT molecular complexity index is 536. The van der Waals surface area contributed by atoms with E-state index in [4.69, 9.17) is 0 Å². The second kappa shape index (κ2) is 5.54. The standard InChI is InChI=1S/C17H20N2/c1-13-4-2-5-14(10-13)17-12-19-9-7-16(17)15-6-3-8-18-11-15/h2-6,8,10-11,16-17,19H,7,9,12H2,1H3. The lowest BCUT2D eigenvalue weighted by atomic mass is 9.77. The molecule has 3 rings (SSSR count). The van der Waals surface area contributed by atoms with Gasteiger partial charge in [0.25, 0.3) is 0 Å². The predicted octanol–water partition coefficient (Wildman–Crippen LogP) is 3.25. The number of hydrogen-bond acceptors (Lipinski definition) is 2. The van der Waals surface area contributed by atoms with Crippen LogP contribution in [-0.2, 0) is 0 Å². The summed E-state index contributed by atoms with van der Waals surface area (Å²) in [5, 5.41) is 3.53. The Hall–Kier alpha value is -1.67. The van der Waals surface area contributed by atoms with Gasteiger partial charge in [-0.1, -0.05) is 35.9 Å². The first-order valence-corrected chi connectivity index (χ1v) is 7.02. The highest BCUT2D eigenvalue weighted by Gasteiger charge is 2.27. The van der Waals surface area contributed by atoms with Gasteiger partial charge in [0.1, 0.15) is 0 Å². The first kappa shape index (κ1) is 12.4. The van der Waals surface area contributed by atoms with Gasteiger partial charge in [-0.15, -0.1) is 0 Å². The minimum Gasteiger partial charge on any atom is -0.316 e. The first-order valence-electron chi connectivity index (χ1n) is 7.02. The third kappa shape index (κ3) is 2.69. The maximum absolute atomic E-state index is 4.29. The number of nitrogens with one attached hydrogen (secondary N) is 1. The van der Waals surface area contributed by atoms with Gasteiger partial charge in [0.15, 0.2) is 0 Å². The molecule has 1 fully saturated rings. The van der Waals surface area contributed by atoms with E-state index in [1.54, 1.807) is 0 Å². The van der Waals surface area contributed by atoms with Crippen LogP contribution in [0.15, 0.2) is 48.8 Å². The largest absolute Gasteiger partial charge is 0.316 e. The average Bonchev–Trinajstić information content (AvgIpc) is 2.48. The lowest BCUT2D eigenvalue weighted by molar-refractivity contribution is 0.403. The summed E-state index contributed by atoms with van der Waals surface area (Å²) >= 11 is 0. The normalized spacial score (nSPS) is 23.2. The zero-order valence-corrected chi connectivity index (χ0v) is 11.3. The Labute approximate surface area is 114 Å². The smallest absolute Gasteiger partial charge is 0.0302 e. The van der Waals surface area contributed by atoms with Crippen LogP contribution in [0.5, 0.6) is 0 Å². The van der Waals surface area contributed by atoms with Crippen molar-refractivity contribution in [1.29, 1.82) is 0 Å². The van der Waals surface area contributed by atoms with Crippen molar-refractivity contribution < 1.29 is 0 Å². The van der Waals surface area contributed by atoms with Gasteiger partial charge in [-0.3, -0.25) is 4.98 Å². The molecule has 1 aromatic carbocycles. The highest BCUT2D eigenvalue weighted by atomic mass is 14.9. The molecule has 0 amide bonds. The number of benzene rings is 1. The Kier molecular flexibility index (Phi) is 3.60. The summed E-state index contributed by atoms with van der Waals surface area (Å²) < 4.78 is 0. The van der Waals surface area contributed by atoms with E-state index in [-0.39, 0.29) is 0 Å². The van der Waals surface area contributed by atoms with E-state index in [1.807, 2.05) is 18.5 Å². The maximum atomic E-state index is 4.29. The Morgan fingerprint density at radius 3 is 2.79 bits per heavy atom. The number of aryl methyl sites for hydroxylation is 1. The lowest BCUT2D eigenvalue weighted by Crippen LogP contribution is -2.34. The van der Waals surface area contributed by atoms with Crippen molar-refractivity contribution in [3.05, 3.63) is 65.5 Å². The molecule has 2 heteroatoms. The van der Waals surface area contributed by atoms with Gasteiger partial charge >= 0.3 is 0 Å². The van der Waals surface area contributed by atoms with Crippen LogP contribution in [0.4, 0.5) is 0 Å². The minimum atomic E-state index is 0.554. The molecule has 0 spiro atoms. The average molecular weight is 252 g/mol. The third-order valence-electron chi connectivity index (χ3n) is 4.06. The van der Waals surface area contributed by atoms with Crippen molar-refractivity contribution in [2.45, 2.75) is 25.2 Å². The minimum absolute atomic E-state index is 0.554. The van der Waals surface area contributed by atoms with E-state index in [2.05, 4.69) is 47.6 Å². The molecule has 98 valence electrons. The molecule has 1 saturated heterocycles. The summed E-state index contributed by atoms with van der Waals surface area (Å²) in [6, 6.07) is 13.2. The summed E-state index contributed by atoms with van der Waals surface area (Å²) in [6.07, 6.45) is 5.06. The van der Waals surface area contributed by atoms with Gasteiger partial charge in [-0.2, -0.15) is 0 Å². The summed E-state index contributed by atoms with van der Waals surface area (Å²) in [5.41, 5.74) is 4.16. The molecule has 19 heavy (non-hydrogen) atoms. The molecule has 2 aromatic rings. The summed E-state index contributed by atoms with van der Waals surface area (Å²) in [4.78, 5) is 4.29. The highest BCUT2D eigenvalue weighted by molar-refractivity contribution is 5.31. The topological polar surface area (TPSA) is 24.9 Å². The SMILES string of the molecule is Cc1cccc(C2CNCCC2c2cccnc2)c1. The van der Waals surface area contributed by atoms with Crippen LogP contribution in [0, 0.1) is 6.92 Å². The summed E-state index contributed by atoms with van der Waals surface area (Å²) in [7, 11) is 0. The van der Waals surface area contributed by atoms with E-state index in [0.29, 0.717) is 11.8 Å². The molecule has 0 aliphatic carbocycles. The molecular weight excluding hydrogens is 232 g/mol. The molecule has 2 nitrogen and oxygen atoms in total. The summed E-state index contributed by atoms with van der Waals surface area (Å²) in [6.45, 7) is 4.32. The molecule has 1 aliphatic rings. The fourth-order valence-corrected chi connectivity index (χ4v) is 3.10. The second-order valence-corrected chi connectivity index (χ2v) is 5.41. The van der Waals surface area contributed by atoms with Crippen LogP contribution in [0.3, 0.4) is 0 Å². The molecule has 0 radical (unpaired) electrons. The molecule has 1 N–H and O–H groups in total. The van der Waals surface area contributed by atoms with Crippen molar-refractivity contribution in [2.24, 2.45) is 0 Å². The third-order valence-corrected chi connectivity index (χ3v) is 4.06. The number of piperidine rings is 1. The molecule has 0 bridgehead atoms. The maximum Gasteiger partial charge on any atom is 0.0302 e. The molecule has 2 unspecified atom stereocenters. The van der Waals surface area contributed by atoms with Gasteiger partial charge in [0.05, 0.1) is 0 Å². The molecule has 0 saturated carbocycles. The predicted molar refractivity (Wildman–Crippen MR) is 78.4 cm³/mol. The van der Waals surface area contributed by atoms with Crippen LogP contribution in [0.1, 0.15) is 34.9 Å². The monoisotopic (exact) mass is 252 g/mol. The first-order chi connectivity index (χ1) is 9.34. The quantitative estimate of drug-likeness (QED) is 0.887. The number of rotatable bonds is 2. The van der Waals surface area contributed by atoms with Crippen LogP contribution in [0.2, 0.25) is 0 Å². The van der Waals surface area contributed by atoms with Gasteiger partial charge in [0.2, 0.25) is 0 Å². The summed E-state index contributed by atoms with van der Waals surface area (Å²) in [5.74, 6) is 1.13. The van der Waals surface area contributed by atoms with Crippen molar-refractivity contribution in [3.63, 3.8) is 0 Å². The van der Waals surface area contributed by atoms with Crippen molar-refractivity contribution in [2.75, 3.05) is 13.1 Å². The Morgan fingerprint density at radius 1 is 1.11 bits per heavy atom. The van der Waals surface area contributed by atoms with E-state index < -0.39 is 0 Å². The number of aromatic nitrogens is 1. The van der Waals surface area contributed by atoms with Crippen LogP contribution < -0.4 is 5.32 Å². The Balaban J connectivity index is 1.93. The second-order valence-electron chi connectivity index (χ2n) is 5.41. The Morgan fingerprint density at radius 2 is 2.00 bits per heavy atom. The highest BCUT2D eigenvalue weighted by Crippen LogP contribution is 2.37. The van der Waals surface area contributed by atoms with Crippen molar-refractivity contribution >= 4 is 0 Å². The molecule has 1 aliphatic heterocycles. The number of pyridine rings is 1. The van der Waals surface area contributed by atoms with Crippen LogP contribution in [-0.4, -0.2) is 18.1 Å². The van der Waals surface area contributed by atoms with Gasteiger partial charge < -0.3 is 5.32 Å². The van der Waals surface area contributed by atoms with Gasteiger partial charge in [-0.05, 0) is 43.0 Å². The molecule has 2 atom stereocenters. The number of nitrogens with zero attached hydrogens (tertiary/aromatic N) is 1. The van der Waals surface area contributed by atoms with E-state index in [0.717, 1.165) is 13.1 Å². The van der Waals surface area contributed by atoms with Crippen molar-refractivity contribution in [3.8, 4) is 0 Å². The van der Waals surface area contributed by atoms with E-state index >= 15 is 0 Å². The zero-order valence-electron chi connectivity index (χ0n) is 11.3. The van der Waals surface area contributed by atoms with E-state index in [9.17, 15) is 0 Å². The van der Waals surface area contributed by atoms with Gasteiger partial charge in [-0.25, -0.2) is 0 Å². The fraction of sp³-hybridized carbons (Fsp3) is 0.353. The molecular formula is C17H20N2. The van der Waals surface area contributed by atoms with E-state index in [1.165, 1.54) is 23.1 Å². The zero-order chi connectivity index (χ0) is 13.1. The fourth-order valence-electron chi connectivity index (χ4n) is 3.10.